The Bertz CT molecular complexity index is 1450. The second-order valence-electron chi connectivity index (χ2n) is 17.7. The summed E-state index contributed by atoms with van der Waals surface area (Å²) in [6, 6.07) is 18.6. The number of aliphatic hydroxyl groups is 2. The average Bonchev–Trinajstić information content (AvgIpc) is 3.96. The third kappa shape index (κ3) is 20.9. The molecular weight excluding hydrogens is 778 g/mol. The van der Waals surface area contributed by atoms with Gasteiger partial charge in [0.15, 0.2) is 0 Å². The molecule has 0 bridgehead atoms. The van der Waals surface area contributed by atoms with Crippen LogP contribution in [-0.2, 0) is 23.5 Å². The number of rotatable bonds is 9. The highest BCUT2D eigenvalue weighted by molar-refractivity contribution is 6.61. The number of hydroxylamine groups is 4. The van der Waals surface area contributed by atoms with Crippen LogP contribution in [0.1, 0.15) is 108 Å². The lowest BCUT2D eigenvalue weighted by Gasteiger charge is -2.51. The van der Waals surface area contributed by atoms with Gasteiger partial charge in [-0.1, -0.05) is 68.1 Å². The zero-order valence-corrected chi connectivity index (χ0v) is 37.6. The monoisotopic (exact) mass is 857 g/mol. The zero-order chi connectivity index (χ0) is 45.6. The Labute approximate surface area is 368 Å². The Kier molecular flexibility index (Phi) is 27.4. The van der Waals surface area contributed by atoms with Crippen LogP contribution in [0.5, 0.6) is 0 Å². The van der Waals surface area contributed by atoms with Crippen molar-refractivity contribution in [2.24, 2.45) is 0 Å². The van der Waals surface area contributed by atoms with Crippen LogP contribution < -0.4 is 10.9 Å². The molecule has 15 heteroatoms. The van der Waals surface area contributed by atoms with E-state index in [0.717, 1.165) is 31.5 Å². The van der Waals surface area contributed by atoms with E-state index in [1.165, 1.54) is 23.0 Å². The number of hydrogen-bond acceptors (Lipinski definition) is 13. The maximum Gasteiger partial charge on any atom is 0.494 e. The lowest BCUT2D eigenvalue weighted by atomic mass is 9.79. The van der Waals surface area contributed by atoms with Gasteiger partial charge < -0.3 is 54.2 Å². The van der Waals surface area contributed by atoms with Crippen LogP contribution in [0.4, 0.5) is 0 Å². The van der Waals surface area contributed by atoms with Gasteiger partial charge in [0.2, 0.25) is 0 Å². The summed E-state index contributed by atoms with van der Waals surface area (Å²) >= 11 is 0. The average molecular weight is 857 g/mol. The maximum absolute atomic E-state index is 10.4. The van der Waals surface area contributed by atoms with Crippen LogP contribution in [0, 0.1) is 25.2 Å². The standard InChI is InChI=1S/C18H28BNO4.C12H25NO4.C6H7BO2.C4H8O.C3H4.C2H2.CH4/c1-17(2)10-15(11-18(3,4)20(17)21)22-12-16-13-23-19(24-16)14-8-6-5-7-9-14;1-11(2)5-10(17-8-9(15)7-14)6-12(3,4)13(11)16;8-7(9)6-4-2-1-3-5-6;1-2-4-5-3-1;1-3-2;1-2;/h5-9,15-16,21H,10-13H2,1-4H3;9-10,14-16H,5-8H2,1-4H3;1-5,8-9H;1-4H2;1H,2H3;1-2H;1H4. The number of piperidine rings is 2. The van der Waals surface area contributed by atoms with Crippen LogP contribution >= 0.6 is 0 Å². The van der Waals surface area contributed by atoms with Crippen LogP contribution in [0.2, 0.25) is 0 Å². The molecule has 2 atom stereocenters. The number of ether oxygens (including phenoxy) is 3. The zero-order valence-electron chi connectivity index (χ0n) is 37.6. The van der Waals surface area contributed by atoms with Gasteiger partial charge in [0, 0.05) is 35.4 Å². The third-order valence-electron chi connectivity index (χ3n) is 10.2. The lowest BCUT2D eigenvalue weighted by Crippen LogP contribution is -2.60. The fraction of sp³-hybridized carbons (Fsp3) is 0.652. The number of terminal acetylenes is 2. The summed E-state index contributed by atoms with van der Waals surface area (Å²) in [5.74, 6) is 2.25. The fourth-order valence-corrected chi connectivity index (χ4v) is 7.59. The molecule has 0 radical (unpaired) electrons. The van der Waals surface area contributed by atoms with Crippen molar-refractivity contribution in [3.8, 4) is 25.2 Å². The molecule has 0 aromatic heterocycles. The minimum absolute atomic E-state index is 0. The molecule has 2 unspecified atom stereocenters. The van der Waals surface area contributed by atoms with Crippen molar-refractivity contribution in [1.29, 1.82) is 0 Å². The molecule has 13 nitrogen and oxygen atoms in total. The van der Waals surface area contributed by atoms with Gasteiger partial charge in [-0.05, 0) is 112 Å². The lowest BCUT2D eigenvalue weighted by molar-refractivity contribution is -0.262. The SMILES string of the molecule is C.C#C.C#CC.C1CCOC1.CC1(C)CC(OCC(O)CO)CC(C)(C)N1O.CC1(C)CC(OCC2COB(c3ccccc3)O2)CC(C)(C)N1O.OB(O)c1ccccc1. The van der Waals surface area contributed by atoms with E-state index < -0.39 is 13.2 Å². The van der Waals surface area contributed by atoms with Crippen LogP contribution in [-0.4, -0.2) is 141 Å². The van der Waals surface area contributed by atoms with E-state index in [1.807, 2.05) is 91.8 Å². The minimum Gasteiger partial charge on any atom is -0.423 e. The van der Waals surface area contributed by atoms with Crippen molar-refractivity contribution >= 4 is 25.2 Å². The van der Waals surface area contributed by atoms with Gasteiger partial charge in [0.25, 0.3) is 0 Å². The summed E-state index contributed by atoms with van der Waals surface area (Å²) in [5, 5.41) is 58.5. The topological polar surface area (TPSA) is 174 Å². The highest BCUT2D eigenvalue weighted by Gasteiger charge is 2.47. The quantitative estimate of drug-likeness (QED) is 0.152. The van der Waals surface area contributed by atoms with E-state index >= 15 is 0 Å². The smallest absolute Gasteiger partial charge is 0.423 e. The highest BCUT2D eigenvalue weighted by atomic mass is 16.7. The van der Waals surface area contributed by atoms with Crippen molar-refractivity contribution < 1.29 is 54.2 Å². The van der Waals surface area contributed by atoms with Gasteiger partial charge in [0.05, 0.1) is 44.7 Å². The summed E-state index contributed by atoms with van der Waals surface area (Å²) in [6.45, 7) is 20.6. The van der Waals surface area contributed by atoms with Gasteiger partial charge in [-0.15, -0.1) is 25.2 Å². The molecule has 0 aliphatic carbocycles. The first-order valence-electron chi connectivity index (χ1n) is 20.7. The maximum atomic E-state index is 10.4. The molecule has 61 heavy (non-hydrogen) atoms. The molecule has 2 aromatic rings. The summed E-state index contributed by atoms with van der Waals surface area (Å²) in [7, 11) is -1.64. The van der Waals surface area contributed by atoms with Crippen LogP contribution in [0.25, 0.3) is 0 Å². The number of aliphatic hydroxyl groups excluding tert-OH is 2. The Hall–Kier alpha value is -2.83. The molecule has 6 N–H and O–H groups in total. The predicted octanol–water partition coefficient (Wildman–Crippen LogP) is 4.68. The first-order valence-corrected chi connectivity index (χ1v) is 20.7. The Morgan fingerprint density at radius 2 is 1.20 bits per heavy atom. The molecule has 0 saturated carbocycles. The van der Waals surface area contributed by atoms with E-state index in [0.29, 0.717) is 31.5 Å². The van der Waals surface area contributed by atoms with E-state index in [1.54, 1.807) is 31.2 Å². The Balaban J connectivity index is 0.000000842. The van der Waals surface area contributed by atoms with Crippen molar-refractivity contribution in [3.63, 3.8) is 0 Å². The highest BCUT2D eigenvalue weighted by Crippen LogP contribution is 2.39. The molecule has 4 heterocycles. The number of hydrogen-bond donors (Lipinski definition) is 6. The van der Waals surface area contributed by atoms with E-state index in [-0.39, 0.29) is 68.2 Å². The van der Waals surface area contributed by atoms with Gasteiger partial charge in [-0.25, -0.2) is 0 Å². The number of nitrogens with zero attached hydrogens (tertiary/aromatic N) is 2. The van der Waals surface area contributed by atoms with Gasteiger partial charge in [-0.2, -0.15) is 10.1 Å². The van der Waals surface area contributed by atoms with Crippen molar-refractivity contribution in [3.05, 3.63) is 60.7 Å². The summed E-state index contributed by atoms with van der Waals surface area (Å²) < 4.78 is 28.4. The minimum atomic E-state index is -1.34. The van der Waals surface area contributed by atoms with E-state index in [4.69, 9.17) is 38.7 Å². The molecular formula is C46H78B2N2O11. The first-order chi connectivity index (χ1) is 28.2. The van der Waals surface area contributed by atoms with Crippen LogP contribution in [0.3, 0.4) is 0 Å². The second-order valence-corrected chi connectivity index (χ2v) is 17.7. The van der Waals surface area contributed by atoms with Crippen molar-refractivity contribution in [2.45, 2.75) is 155 Å². The van der Waals surface area contributed by atoms with E-state index in [9.17, 15) is 15.5 Å². The molecule has 4 aliphatic rings. The summed E-state index contributed by atoms with van der Waals surface area (Å²) in [6.07, 6.45) is 17.4. The predicted molar refractivity (Wildman–Crippen MR) is 245 cm³/mol. The van der Waals surface area contributed by atoms with Crippen LogP contribution in [0.15, 0.2) is 60.7 Å². The largest absolute Gasteiger partial charge is 0.494 e. The molecule has 0 amide bonds. The second kappa shape index (κ2) is 28.8. The van der Waals surface area contributed by atoms with E-state index in [2.05, 4.69) is 25.2 Å². The third-order valence-corrected chi connectivity index (χ3v) is 10.2. The molecule has 6 rings (SSSR count). The fourth-order valence-electron chi connectivity index (χ4n) is 7.59. The Morgan fingerprint density at radius 3 is 1.56 bits per heavy atom. The normalized spacial score (nSPS) is 21.8. The molecule has 0 spiro atoms. The van der Waals surface area contributed by atoms with Crippen molar-refractivity contribution in [2.75, 3.05) is 39.6 Å². The summed E-state index contributed by atoms with van der Waals surface area (Å²) in [4.78, 5) is 0. The van der Waals surface area contributed by atoms with Gasteiger partial charge in [-0.3, -0.25) is 0 Å². The van der Waals surface area contributed by atoms with Gasteiger partial charge in [0.1, 0.15) is 6.10 Å². The first kappa shape index (κ1) is 58.2. The molecule has 4 saturated heterocycles. The van der Waals surface area contributed by atoms with Crippen molar-refractivity contribution in [1.82, 2.24) is 10.1 Å². The Morgan fingerprint density at radius 1 is 0.787 bits per heavy atom. The molecule has 4 fully saturated rings. The molecule has 344 valence electrons. The molecule has 4 aliphatic heterocycles. The molecule has 2 aromatic carbocycles. The van der Waals surface area contributed by atoms with Gasteiger partial charge >= 0.3 is 14.2 Å². The summed E-state index contributed by atoms with van der Waals surface area (Å²) in [5.41, 5.74) is 0.263. The number of benzene rings is 2.